The van der Waals surface area contributed by atoms with E-state index in [4.69, 9.17) is 10.5 Å². The number of hydrogen-bond acceptors (Lipinski definition) is 7. The molecule has 2 aromatic carbocycles. The van der Waals surface area contributed by atoms with Crippen molar-refractivity contribution in [2.75, 3.05) is 0 Å². The van der Waals surface area contributed by atoms with Crippen LogP contribution in [0.2, 0.25) is 0 Å². The quantitative estimate of drug-likeness (QED) is 0.365. The van der Waals surface area contributed by atoms with Crippen LogP contribution >= 0.6 is 0 Å². The Bertz CT molecular complexity index is 1060. The highest BCUT2D eigenvalue weighted by Crippen LogP contribution is 2.25. The normalized spacial score (nSPS) is 20.9. The van der Waals surface area contributed by atoms with Gasteiger partial charge in [-0.2, -0.15) is 0 Å². The molecule has 0 unspecified atom stereocenters. The minimum Gasteiger partial charge on any atom is -0.508 e. The van der Waals surface area contributed by atoms with Crippen molar-refractivity contribution in [2.24, 2.45) is 5.73 Å². The number of phenols is 1. The molecule has 0 fully saturated rings. The molecule has 6 N–H and O–H groups in total. The van der Waals surface area contributed by atoms with Gasteiger partial charge in [0.1, 0.15) is 29.7 Å². The first-order valence-electron chi connectivity index (χ1n) is 10.4. The molecule has 174 valence electrons. The highest BCUT2D eigenvalue weighted by molar-refractivity contribution is 5.97. The third kappa shape index (κ3) is 6.18. The van der Waals surface area contributed by atoms with Crippen molar-refractivity contribution < 1.29 is 34.4 Å². The summed E-state index contributed by atoms with van der Waals surface area (Å²) in [6.07, 6.45) is -2.29. The number of rotatable bonds is 8. The van der Waals surface area contributed by atoms with Gasteiger partial charge in [0, 0.05) is 24.0 Å². The van der Waals surface area contributed by atoms with Crippen molar-refractivity contribution in [3.63, 3.8) is 0 Å². The SMILES string of the molecule is CC(=O)c1cccc(O[C@@H]2C=C(C(=O)N[C@@H](Cc3ccc(O)cc3)C(N)=O)C[C@@H](O)[C@H]2O)c1. The second-order valence-electron chi connectivity index (χ2n) is 7.92. The van der Waals surface area contributed by atoms with Crippen molar-refractivity contribution in [1.29, 1.82) is 0 Å². The van der Waals surface area contributed by atoms with E-state index in [1.165, 1.54) is 31.2 Å². The van der Waals surface area contributed by atoms with Crippen LogP contribution in [0.1, 0.15) is 29.3 Å². The van der Waals surface area contributed by atoms with E-state index in [2.05, 4.69) is 5.32 Å². The lowest BCUT2D eigenvalue weighted by molar-refractivity contribution is -0.126. The number of hydrogen-bond donors (Lipinski definition) is 5. The number of carbonyl (C=O) groups excluding carboxylic acids is 3. The van der Waals surface area contributed by atoms with Crippen molar-refractivity contribution >= 4 is 17.6 Å². The number of aromatic hydroxyl groups is 1. The number of ketones is 1. The summed E-state index contributed by atoms with van der Waals surface area (Å²) in [4.78, 5) is 36.3. The highest BCUT2D eigenvalue weighted by atomic mass is 16.5. The van der Waals surface area contributed by atoms with Crippen LogP contribution in [0.15, 0.2) is 60.2 Å². The number of ether oxygens (including phenoxy) is 1. The lowest BCUT2D eigenvalue weighted by Gasteiger charge is -2.31. The van der Waals surface area contributed by atoms with E-state index in [0.717, 1.165) is 0 Å². The summed E-state index contributed by atoms with van der Waals surface area (Å²) in [5.41, 5.74) is 6.66. The molecule has 0 aromatic heterocycles. The maximum Gasteiger partial charge on any atom is 0.247 e. The molecule has 0 spiro atoms. The molecule has 9 heteroatoms. The van der Waals surface area contributed by atoms with Gasteiger partial charge in [0.2, 0.25) is 11.8 Å². The van der Waals surface area contributed by atoms with Gasteiger partial charge in [0.15, 0.2) is 5.78 Å². The van der Waals surface area contributed by atoms with E-state index < -0.39 is 36.2 Å². The van der Waals surface area contributed by atoms with Crippen molar-refractivity contribution in [1.82, 2.24) is 5.32 Å². The first kappa shape index (κ1) is 24.0. The summed E-state index contributed by atoms with van der Waals surface area (Å²) < 4.78 is 5.73. The third-order valence-electron chi connectivity index (χ3n) is 5.35. The average Bonchev–Trinajstić information content (AvgIpc) is 2.77. The molecule has 2 amide bonds. The molecule has 0 heterocycles. The van der Waals surface area contributed by atoms with Crippen LogP contribution in [0.4, 0.5) is 0 Å². The van der Waals surface area contributed by atoms with Crippen LogP contribution in [0.5, 0.6) is 11.5 Å². The van der Waals surface area contributed by atoms with Gasteiger partial charge >= 0.3 is 0 Å². The molecule has 9 nitrogen and oxygen atoms in total. The lowest BCUT2D eigenvalue weighted by Crippen LogP contribution is -2.49. The molecule has 0 bridgehead atoms. The fourth-order valence-electron chi connectivity index (χ4n) is 3.49. The fourth-order valence-corrected chi connectivity index (χ4v) is 3.49. The number of carbonyl (C=O) groups is 3. The molecule has 0 saturated carbocycles. The number of phenolic OH excluding ortho intramolecular Hbond substituents is 1. The van der Waals surface area contributed by atoms with Crippen LogP contribution in [0.3, 0.4) is 0 Å². The van der Waals surface area contributed by atoms with E-state index >= 15 is 0 Å². The molecule has 0 saturated heterocycles. The van der Waals surface area contributed by atoms with Gasteiger partial charge in [-0.1, -0.05) is 24.3 Å². The molecule has 1 aliphatic rings. The second-order valence-corrected chi connectivity index (χ2v) is 7.92. The molecular formula is C24H26N2O7. The Morgan fingerprint density at radius 2 is 1.85 bits per heavy atom. The molecular weight excluding hydrogens is 428 g/mol. The van der Waals surface area contributed by atoms with Gasteiger partial charge in [-0.15, -0.1) is 0 Å². The summed E-state index contributed by atoms with van der Waals surface area (Å²) in [7, 11) is 0. The summed E-state index contributed by atoms with van der Waals surface area (Å²) in [6, 6.07) is 11.4. The Morgan fingerprint density at radius 3 is 2.48 bits per heavy atom. The number of aliphatic hydroxyl groups excluding tert-OH is 2. The van der Waals surface area contributed by atoms with Crippen molar-refractivity contribution in [3.05, 3.63) is 71.3 Å². The maximum absolute atomic E-state index is 12.8. The highest BCUT2D eigenvalue weighted by Gasteiger charge is 2.35. The predicted molar refractivity (Wildman–Crippen MR) is 119 cm³/mol. The molecule has 0 aliphatic heterocycles. The van der Waals surface area contributed by atoms with Crippen LogP contribution in [0.25, 0.3) is 0 Å². The topological polar surface area (TPSA) is 159 Å². The largest absolute Gasteiger partial charge is 0.508 e. The van der Waals surface area contributed by atoms with Gasteiger partial charge < -0.3 is 31.1 Å². The molecule has 3 rings (SSSR count). The Labute approximate surface area is 190 Å². The zero-order chi connectivity index (χ0) is 24.1. The van der Waals surface area contributed by atoms with Crippen LogP contribution in [-0.2, 0) is 16.0 Å². The van der Waals surface area contributed by atoms with Crippen LogP contribution in [-0.4, -0.2) is 57.3 Å². The number of nitrogens with one attached hydrogen (secondary N) is 1. The Morgan fingerprint density at radius 1 is 1.15 bits per heavy atom. The lowest BCUT2D eigenvalue weighted by atomic mass is 9.91. The van der Waals surface area contributed by atoms with Gasteiger partial charge in [0.05, 0.1) is 6.10 Å². The van der Waals surface area contributed by atoms with Gasteiger partial charge in [-0.05, 0) is 42.8 Å². The number of amides is 2. The monoisotopic (exact) mass is 454 g/mol. The summed E-state index contributed by atoms with van der Waals surface area (Å²) in [5, 5.41) is 32.6. The molecule has 4 atom stereocenters. The fraction of sp³-hybridized carbons (Fsp3) is 0.292. The maximum atomic E-state index is 12.8. The van der Waals surface area contributed by atoms with Gasteiger partial charge in [-0.3, -0.25) is 14.4 Å². The van der Waals surface area contributed by atoms with E-state index in [9.17, 15) is 29.7 Å². The van der Waals surface area contributed by atoms with Crippen LogP contribution < -0.4 is 15.8 Å². The second kappa shape index (κ2) is 10.3. The predicted octanol–water partition coefficient (Wildman–Crippen LogP) is 0.607. The average molecular weight is 454 g/mol. The molecule has 33 heavy (non-hydrogen) atoms. The van der Waals surface area contributed by atoms with Gasteiger partial charge in [0.25, 0.3) is 0 Å². The Hall–Kier alpha value is -3.69. The zero-order valence-electron chi connectivity index (χ0n) is 18.0. The smallest absolute Gasteiger partial charge is 0.247 e. The zero-order valence-corrected chi connectivity index (χ0v) is 18.0. The molecule has 0 radical (unpaired) electrons. The molecule has 2 aromatic rings. The number of primary amides is 1. The van der Waals surface area contributed by atoms with E-state index in [0.29, 0.717) is 16.9 Å². The first-order valence-corrected chi connectivity index (χ1v) is 10.4. The summed E-state index contributed by atoms with van der Waals surface area (Å²) >= 11 is 0. The minimum absolute atomic E-state index is 0.0678. The third-order valence-corrected chi connectivity index (χ3v) is 5.35. The molecule has 1 aliphatic carbocycles. The first-order chi connectivity index (χ1) is 15.6. The standard InChI is InChI=1S/C24H26N2O7/c1-13(27)15-3-2-4-18(10-15)33-21-12-16(11-20(29)22(21)30)24(32)26-19(23(25)31)9-14-5-7-17(28)8-6-14/h2-8,10,12,19-22,28-30H,9,11H2,1H3,(H2,25,31)(H,26,32)/t19-,20+,21+,22+/m0/s1. The number of aliphatic hydroxyl groups is 2. The Balaban J connectivity index is 1.76. The summed E-state index contributed by atoms with van der Waals surface area (Å²) in [6.45, 7) is 1.41. The van der Waals surface area contributed by atoms with E-state index in [-0.39, 0.29) is 29.9 Å². The summed E-state index contributed by atoms with van der Waals surface area (Å²) in [5.74, 6) is -1.18. The number of benzene rings is 2. The van der Waals surface area contributed by atoms with E-state index in [1.807, 2.05) is 0 Å². The van der Waals surface area contributed by atoms with Crippen LogP contribution in [0, 0.1) is 0 Å². The number of nitrogens with two attached hydrogens (primary N) is 1. The van der Waals surface area contributed by atoms with E-state index in [1.54, 1.807) is 30.3 Å². The van der Waals surface area contributed by atoms with Crippen molar-refractivity contribution in [2.45, 2.75) is 44.1 Å². The minimum atomic E-state index is -1.30. The Kier molecular flexibility index (Phi) is 7.47. The number of Topliss-reactive ketones (excluding diaryl/α,β-unsaturated/α-hetero) is 1. The van der Waals surface area contributed by atoms with Gasteiger partial charge in [-0.25, -0.2) is 0 Å². The van der Waals surface area contributed by atoms with Crippen molar-refractivity contribution in [3.8, 4) is 11.5 Å².